The minimum atomic E-state index is -0.453. The van der Waals surface area contributed by atoms with E-state index in [0.29, 0.717) is 66.3 Å². The maximum Gasteiger partial charge on any atom is 0.251 e. The van der Waals surface area contributed by atoms with Gasteiger partial charge in [0.1, 0.15) is 22.6 Å². The molecule has 3 aromatic heterocycles. The van der Waals surface area contributed by atoms with Gasteiger partial charge in [-0.15, -0.1) is 0 Å². The zero-order valence-corrected chi connectivity index (χ0v) is 19.3. The topological polar surface area (TPSA) is 105 Å². The van der Waals surface area contributed by atoms with Crippen molar-refractivity contribution in [2.24, 2.45) is 0 Å². The van der Waals surface area contributed by atoms with Gasteiger partial charge in [0.25, 0.3) is 5.56 Å². The van der Waals surface area contributed by atoms with Crippen LogP contribution in [0.1, 0.15) is 30.7 Å². The molecule has 0 bridgehead atoms. The first-order valence-electron chi connectivity index (χ1n) is 11.4. The number of hydrogen-bond acceptors (Lipinski definition) is 7. The summed E-state index contributed by atoms with van der Waals surface area (Å²) in [6.45, 7) is 3.41. The normalized spacial score (nSPS) is 17.1. The molecule has 1 amide bonds. The fourth-order valence-corrected chi connectivity index (χ4v) is 4.83. The number of nitrogens with one attached hydrogen (secondary N) is 2. The standard InChI is InChI=1S/C23H25ClFN7O2/c24-22-16-1-3-20(33)30-23(16)29-19(28-22)13-26-15-5-7-31(8-6-15)9-10-32-18-11-14(25)12-27-17(18)2-4-21(32)34/h2,4,11-12,15,26H,1,3,5-10,13H2,(H,28,29,30,33). The van der Waals surface area contributed by atoms with Gasteiger partial charge < -0.3 is 20.1 Å². The highest BCUT2D eigenvalue weighted by Gasteiger charge is 2.22. The van der Waals surface area contributed by atoms with Gasteiger partial charge >= 0.3 is 0 Å². The molecule has 0 atom stereocenters. The summed E-state index contributed by atoms with van der Waals surface area (Å²) < 4.78 is 15.3. The average molecular weight is 486 g/mol. The van der Waals surface area contributed by atoms with Gasteiger partial charge in [0.15, 0.2) is 0 Å². The van der Waals surface area contributed by atoms with Gasteiger partial charge in [-0.2, -0.15) is 0 Å². The van der Waals surface area contributed by atoms with Gasteiger partial charge in [0, 0.05) is 43.2 Å². The number of pyridine rings is 2. The lowest BCUT2D eigenvalue weighted by atomic mass is 10.1. The average Bonchev–Trinajstić information content (AvgIpc) is 2.82. The van der Waals surface area contributed by atoms with Crippen molar-refractivity contribution in [3.63, 3.8) is 0 Å². The SMILES string of the molecule is O=C1CCc2c(Cl)nc(CNC3CCN(CCn4c(=O)ccc5ncc(F)cc54)CC3)nc2N1. The Morgan fingerprint density at radius 3 is 2.79 bits per heavy atom. The van der Waals surface area contributed by atoms with Crippen molar-refractivity contribution in [1.29, 1.82) is 0 Å². The molecule has 5 rings (SSSR count). The smallest absolute Gasteiger partial charge is 0.251 e. The Hall–Kier alpha value is -2.95. The second kappa shape index (κ2) is 9.73. The van der Waals surface area contributed by atoms with Crippen molar-refractivity contribution in [2.45, 2.75) is 44.8 Å². The zero-order chi connectivity index (χ0) is 23.7. The molecule has 11 heteroatoms. The van der Waals surface area contributed by atoms with E-state index in [1.54, 1.807) is 10.6 Å². The van der Waals surface area contributed by atoms with Crippen LogP contribution in [0, 0.1) is 5.82 Å². The highest BCUT2D eigenvalue weighted by Crippen LogP contribution is 2.26. The van der Waals surface area contributed by atoms with Crippen LogP contribution in [0.4, 0.5) is 10.2 Å². The molecular weight excluding hydrogens is 461 g/mol. The molecule has 3 aromatic rings. The molecule has 5 heterocycles. The molecule has 2 aliphatic rings. The number of likely N-dealkylation sites (tertiary alicyclic amines) is 1. The van der Waals surface area contributed by atoms with E-state index in [2.05, 4.69) is 30.5 Å². The molecule has 0 saturated carbocycles. The number of amides is 1. The molecule has 9 nitrogen and oxygen atoms in total. The van der Waals surface area contributed by atoms with Gasteiger partial charge in [0.2, 0.25) is 5.91 Å². The van der Waals surface area contributed by atoms with Crippen LogP contribution in [0.3, 0.4) is 0 Å². The quantitative estimate of drug-likeness (QED) is 0.515. The predicted molar refractivity (Wildman–Crippen MR) is 126 cm³/mol. The number of halogens is 2. The minimum Gasteiger partial charge on any atom is -0.310 e. The third kappa shape index (κ3) is 4.94. The highest BCUT2D eigenvalue weighted by molar-refractivity contribution is 6.30. The predicted octanol–water partition coefficient (Wildman–Crippen LogP) is 2.12. The summed E-state index contributed by atoms with van der Waals surface area (Å²) in [6.07, 6.45) is 4.00. The zero-order valence-electron chi connectivity index (χ0n) is 18.6. The van der Waals surface area contributed by atoms with Crippen molar-refractivity contribution in [3.05, 3.63) is 57.1 Å². The Morgan fingerprint density at radius 1 is 1.15 bits per heavy atom. The van der Waals surface area contributed by atoms with Crippen LogP contribution in [0.25, 0.3) is 11.0 Å². The van der Waals surface area contributed by atoms with E-state index in [-0.39, 0.29) is 11.5 Å². The summed E-state index contributed by atoms with van der Waals surface area (Å²) in [5.41, 5.74) is 1.76. The Kier molecular flexibility index (Phi) is 6.53. The summed E-state index contributed by atoms with van der Waals surface area (Å²) in [6, 6.07) is 4.77. The third-order valence-electron chi connectivity index (χ3n) is 6.44. The van der Waals surface area contributed by atoms with Crippen LogP contribution < -0.4 is 16.2 Å². The summed E-state index contributed by atoms with van der Waals surface area (Å²) in [4.78, 5) is 39.2. The van der Waals surface area contributed by atoms with E-state index in [9.17, 15) is 14.0 Å². The second-order valence-corrected chi connectivity index (χ2v) is 9.04. The fraction of sp³-hybridized carbons (Fsp3) is 0.435. The number of aromatic nitrogens is 4. The van der Waals surface area contributed by atoms with Gasteiger partial charge in [0.05, 0.1) is 23.8 Å². The molecule has 1 fully saturated rings. The van der Waals surface area contributed by atoms with Crippen LogP contribution in [0.15, 0.2) is 29.2 Å². The van der Waals surface area contributed by atoms with Crippen molar-refractivity contribution < 1.29 is 9.18 Å². The molecule has 178 valence electrons. The molecule has 0 radical (unpaired) electrons. The molecule has 0 unspecified atom stereocenters. The fourth-order valence-electron chi connectivity index (χ4n) is 4.55. The Morgan fingerprint density at radius 2 is 1.97 bits per heavy atom. The first-order chi connectivity index (χ1) is 16.5. The molecule has 2 aliphatic heterocycles. The van der Waals surface area contributed by atoms with Crippen LogP contribution in [0.5, 0.6) is 0 Å². The van der Waals surface area contributed by atoms with Crippen molar-refractivity contribution in [2.75, 3.05) is 25.0 Å². The van der Waals surface area contributed by atoms with Crippen molar-refractivity contribution >= 4 is 34.4 Å². The van der Waals surface area contributed by atoms with Crippen LogP contribution in [-0.2, 0) is 24.3 Å². The Balaban J connectivity index is 1.14. The van der Waals surface area contributed by atoms with Gasteiger partial charge in [-0.05, 0) is 38.4 Å². The lowest BCUT2D eigenvalue weighted by Gasteiger charge is -2.32. The summed E-state index contributed by atoms with van der Waals surface area (Å²) in [7, 11) is 0. The number of rotatable bonds is 6. The van der Waals surface area contributed by atoms with E-state index in [1.165, 1.54) is 12.1 Å². The van der Waals surface area contributed by atoms with E-state index in [0.717, 1.165) is 37.7 Å². The number of hydrogen-bond donors (Lipinski definition) is 2. The number of carbonyl (C=O) groups excluding carboxylic acids is 1. The van der Waals surface area contributed by atoms with E-state index < -0.39 is 5.82 Å². The van der Waals surface area contributed by atoms with E-state index in [4.69, 9.17) is 11.6 Å². The molecule has 0 aliphatic carbocycles. The summed E-state index contributed by atoms with van der Waals surface area (Å²) in [5, 5.41) is 6.66. The van der Waals surface area contributed by atoms with Crippen molar-refractivity contribution in [1.82, 2.24) is 29.7 Å². The lowest BCUT2D eigenvalue weighted by molar-refractivity contribution is -0.116. The second-order valence-electron chi connectivity index (χ2n) is 8.68. The molecule has 0 spiro atoms. The first kappa shape index (κ1) is 22.8. The Bertz CT molecular complexity index is 1290. The van der Waals surface area contributed by atoms with Crippen LogP contribution in [-0.4, -0.2) is 56.0 Å². The number of fused-ring (bicyclic) bond motifs is 2. The van der Waals surface area contributed by atoms with E-state index >= 15 is 0 Å². The van der Waals surface area contributed by atoms with Gasteiger partial charge in [-0.25, -0.2) is 14.4 Å². The third-order valence-corrected chi connectivity index (χ3v) is 6.76. The highest BCUT2D eigenvalue weighted by atomic mass is 35.5. The Labute approximate surface area is 200 Å². The number of piperidine rings is 1. The van der Waals surface area contributed by atoms with Crippen LogP contribution in [0.2, 0.25) is 5.15 Å². The number of anilines is 1. The maximum absolute atomic E-state index is 13.7. The molecule has 1 saturated heterocycles. The lowest BCUT2D eigenvalue weighted by Crippen LogP contribution is -2.43. The number of carbonyl (C=O) groups is 1. The molecule has 0 aromatic carbocycles. The van der Waals surface area contributed by atoms with E-state index in [1.807, 2.05) is 0 Å². The van der Waals surface area contributed by atoms with Crippen molar-refractivity contribution in [3.8, 4) is 0 Å². The van der Waals surface area contributed by atoms with Gasteiger partial charge in [-0.3, -0.25) is 14.6 Å². The number of nitrogens with zero attached hydrogens (tertiary/aromatic N) is 5. The largest absolute Gasteiger partial charge is 0.310 e. The van der Waals surface area contributed by atoms with Gasteiger partial charge in [-0.1, -0.05) is 11.6 Å². The molecule has 34 heavy (non-hydrogen) atoms. The summed E-state index contributed by atoms with van der Waals surface area (Å²) in [5.74, 6) is 0.567. The maximum atomic E-state index is 13.7. The van der Waals surface area contributed by atoms with Crippen LogP contribution >= 0.6 is 11.6 Å². The molecular formula is C23H25ClFN7O2. The molecule has 2 N–H and O–H groups in total. The minimum absolute atomic E-state index is 0.0549. The first-order valence-corrected chi connectivity index (χ1v) is 11.8. The monoisotopic (exact) mass is 485 g/mol. The summed E-state index contributed by atoms with van der Waals surface area (Å²) >= 11 is 6.29.